The Morgan fingerprint density at radius 3 is 2.71 bits per heavy atom. The molecule has 2 aliphatic rings. The Kier molecular flexibility index (Phi) is 2.51. The number of carbonyl (C=O) groups is 1. The van der Waals surface area contributed by atoms with Gasteiger partial charge in [0.1, 0.15) is 18.4 Å². The number of hydrogen-bond acceptors (Lipinski definition) is 3. The highest BCUT2D eigenvalue weighted by Gasteiger charge is 2.41. The third-order valence-corrected chi connectivity index (χ3v) is 3.94. The fraction of sp³-hybridized carbons (Fsp3) is 0.118. The van der Waals surface area contributed by atoms with E-state index >= 15 is 0 Å². The summed E-state index contributed by atoms with van der Waals surface area (Å²) in [7, 11) is 0. The number of phenolic OH excluding ortho intramolecular Hbond substituents is 1. The van der Waals surface area contributed by atoms with E-state index in [1.807, 2.05) is 42.5 Å². The van der Waals surface area contributed by atoms with Gasteiger partial charge >= 0.3 is 6.09 Å². The Balaban J connectivity index is 1.96. The Bertz CT molecular complexity index is 752. The second kappa shape index (κ2) is 4.38. The van der Waals surface area contributed by atoms with E-state index in [9.17, 15) is 9.90 Å². The predicted octanol–water partition coefficient (Wildman–Crippen LogP) is 3.40. The highest BCUT2D eigenvalue weighted by molar-refractivity contribution is 5.94. The minimum atomic E-state index is -0.371. The van der Waals surface area contributed by atoms with Crippen LogP contribution in [0.2, 0.25) is 0 Å². The third-order valence-electron chi connectivity index (χ3n) is 3.94. The van der Waals surface area contributed by atoms with E-state index in [0.717, 1.165) is 22.4 Å². The van der Waals surface area contributed by atoms with Crippen LogP contribution < -0.4 is 0 Å². The molecule has 0 radical (unpaired) electrons. The summed E-state index contributed by atoms with van der Waals surface area (Å²) < 4.78 is 5.20. The molecule has 1 fully saturated rings. The first-order valence-electron chi connectivity index (χ1n) is 6.80. The molecule has 1 atom stereocenters. The molecule has 4 nitrogen and oxygen atoms in total. The summed E-state index contributed by atoms with van der Waals surface area (Å²) in [5.41, 5.74) is 3.44. The van der Waals surface area contributed by atoms with E-state index in [1.54, 1.807) is 17.0 Å². The maximum Gasteiger partial charge on any atom is 0.415 e. The lowest BCUT2D eigenvalue weighted by molar-refractivity contribution is 0.167. The van der Waals surface area contributed by atoms with Crippen molar-refractivity contribution in [2.24, 2.45) is 0 Å². The Morgan fingerprint density at radius 1 is 1.10 bits per heavy atom. The van der Waals surface area contributed by atoms with Crippen LogP contribution >= 0.6 is 0 Å². The van der Waals surface area contributed by atoms with Crippen LogP contribution in [0.5, 0.6) is 5.75 Å². The Hall–Kier alpha value is -2.75. The molecule has 4 rings (SSSR count). The molecule has 2 aromatic carbocycles. The van der Waals surface area contributed by atoms with Gasteiger partial charge in [0.05, 0.1) is 5.70 Å². The molecule has 0 unspecified atom stereocenters. The second-order valence-electron chi connectivity index (χ2n) is 5.14. The van der Waals surface area contributed by atoms with Crippen molar-refractivity contribution in [2.45, 2.75) is 6.04 Å². The summed E-state index contributed by atoms with van der Waals surface area (Å²) >= 11 is 0. The van der Waals surface area contributed by atoms with Gasteiger partial charge in [0.25, 0.3) is 0 Å². The molecule has 1 N–H and O–H groups in total. The van der Waals surface area contributed by atoms with Gasteiger partial charge in [-0.25, -0.2) is 4.79 Å². The van der Waals surface area contributed by atoms with Crippen LogP contribution in [0.3, 0.4) is 0 Å². The summed E-state index contributed by atoms with van der Waals surface area (Å²) in [6.07, 6.45) is 1.55. The lowest BCUT2D eigenvalue weighted by Gasteiger charge is -2.30. The van der Waals surface area contributed by atoms with Gasteiger partial charge in [-0.15, -0.1) is 0 Å². The molecule has 1 saturated heterocycles. The molecule has 2 aliphatic heterocycles. The standard InChI is InChI=1S/C17H13NO3/c19-15-8-4-7-12-9-13(11-5-2-1-3-6-11)18-14(16(12)15)10-21-17(18)20/h1-9,14,19H,10H2/t14-/m0/s1. The van der Waals surface area contributed by atoms with Crippen molar-refractivity contribution in [3.8, 4) is 5.75 Å². The largest absolute Gasteiger partial charge is 0.508 e. The molecule has 2 aromatic rings. The molecule has 2 heterocycles. The average molecular weight is 279 g/mol. The number of rotatable bonds is 1. The van der Waals surface area contributed by atoms with Gasteiger partial charge in [0.2, 0.25) is 0 Å². The van der Waals surface area contributed by atoms with E-state index < -0.39 is 0 Å². The number of nitrogens with zero attached hydrogens (tertiary/aromatic N) is 1. The molecular formula is C17H13NO3. The zero-order valence-corrected chi connectivity index (χ0v) is 11.2. The lowest BCUT2D eigenvalue weighted by atomic mass is 9.92. The van der Waals surface area contributed by atoms with Crippen molar-refractivity contribution in [3.05, 3.63) is 65.2 Å². The summed E-state index contributed by atoms with van der Waals surface area (Å²) in [6, 6.07) is 14.8. The van der Waals surface area contributed by atoms with Gasteiger partial charge in [0, 0.05) is 5.56 Å². The lowest BCUT2D eigenvalue weighted by Crippen LogP contribution is -2.29. The van der Waals surface area contributed by atoms with Gasteiger partial charge < -0.3 is 9.84 Å². The maximum absolute atomic E-state index is 12.1. The van der Waals surface area contributed by atoms with Gasteiger partial charge in [-0.1, -0.05) is 42.5 Å². The fourth-order valence-corrected chi connectivity index (χ4v) is 3.01. The van der Waals surface area contributed by atoms with Gasteiger partial charge in [-0.3, -0.25) is 4.90 Å². The first-order valence-corrected chi connectivity index (χ1v) is 6.80. The number of ether oxygens (including phenoxy) is 1. The maximum atomic E-state index is 12.1. The summed E-state index contributed by atoms with van der Waals surface area (Å²) in [5, 5.41) is 10.1. The van der Waals surface area contributed by atoms with Gasteiger partial charge in [-0.05, 0) is 23.3 Å². The van der Waals surface area contributed by atoms with Crippen LogP contribution in [-0.2, 0) is 4.74 Å². The molecule has 0 bridgehead atoms. The molecule has 104 valence electrons. The first kappa shape index (κ1) is 12.0. The smallest absolute Gasteiger partial charge is 0.415 e. The van der Waals surface area contributed by atoms with E-state index in [0.29, 0.717) is 0 Å². The summed E-state index contributed by atoms with van der Waals surface area (Å²) in [4.78, 5) is 13.7. The first-order chi connectivity index (χ1) is 10.3. The number of amides is 1. The van der Waals surface area contributed by atoms with E-state index in [2.05, 4.69) is 0 Å². The average Bonchev–Trinajstić information content (AvgIpc) is 2.90. The van der Waals surface area contributed by atoms with Crippen molar-refractivity contribution >= 4 is 17.9 Å². The normalized spacial score (nSPS) is 19.6. The number of aromatic hydroxyl groups is 1. The van der Waals surface area contributed by atoms with Gasteiger partial charge in [-0.2, -0.15) is 0 Å². The SMILES string of the molecule is O=C1OC[C@H]2c3c(O)cccc3C=C(c3ccccc3)N12. The minimum Gasteiger partial charge on any atom is -0.508 e. The minimum absolute atomic E-state index is 0.198. The molecular weight excluding hydrogens is 266 g/mol. The van der Waals surface area contributed by atoms with E-state index in [-0.39, 0.29) is 24.5 Å². The van der Waals surface area contributed by atoms with Crippen molar-refractivity contribution in [2.75, 3.05) is 6.61 Å². The van der Waals surface area contributed by atoms with Crippen molar-refractivity contribution in [1.29, 1.82) is 0 Å². The van der Waals surface area contributed by atoms with Crippen molar-refractivity contribution in [3.63, 3.8) is 0 Å². The summed E-state index contributed by atoms with van der Waals surface area (Å²) in [6.45, 7) is 0.258. The fourth-order valence-electron chi connectivity index (χ4n) is 3.01. The Labute approximate surface area is 121 Å². The molecule has 0 saturated carbocycles. The third kappa shape index (κ3) is 1.72. The van der Waals surface area contributed by atoms with Crippen LogP contribution in [0.4, 0.5) is 4.79 Å². The van der Waals surface area contributed by atoms with E-state index in [4.69, 9.17) is 4.74 Å². The molecule has 4 heteroatoms. The summed E-state index contributed by atoms with van der Waals surface area (Å²) in [5.74, 6) is 0.198. The number of fused-ring (bicyclic) bond motifs is 3. The van der Waals surface area contributed by atoms with Crippen molar-refractivity contribution in [1.82, 2.24) is 4.90 Å². The molecule has 0 aromatic heterocycles. The van der Waals surface area contributed by atoms with Crippen LogP contribution in [0.15, 0.2) is 48.5 Å². The number of carbonyl (C=O) groups excluding carboxylic acids is 1. The van der Waals surface area contributed by atoms with Crippen LogP contribution in [0, 0.1) is 0 Å². The zero-order chi connectivity index (χ0) is 14.4. The highest BCUT2D eigenvalue weighted by Crippen LogP contribution is 2.45. The number of cyclic esters (lactones) is 1. The van der Waals surface area contributed by atoms with Crippen LogP contribution in [-0.4, -0.2) is 22.7 Å². The highest BCUT2D eigenvalue weighted by atomic mass is 16.6. The number of benzene rings is 2. The number of phenols is 1. The van der Waals surface area contributed by atoms with Crippen molar-refractivity contribution < 1.29 is 14.6 Å². The molecule has 0 spiro atoms. The quantitative estimate of drug-likeness (QED) is 0.870. The zero-order valence-electron chi connectivity index (χ0n) is 11.2. The van der Waals surface area contributed by atoms with Gasteiger partial charge in [0.15, 0.2) is 0 Å². The van der Waals surface area contributed by atoms with Crippen LogP contribution in [0.1, 0.15) is 22.7 Å². The monoisotopic (exact) mass is 279 g/mol. The molecule has 1 amide bonds. The Morgan fingerprint density at radius 2 is 1.90 bits per heavy atom. The molecule has 21 heavy (non-hydrogen) atoms. The number of hydrogen-bond donors (Lipinski definition) is 1. The topological polar surface area (TPSA) is 49.8 Å². The second-order valence-corrected chi connectivity index (χ2v) is 5.14. The van der Waals surface area contributed by atoms with Crippen LogP contribution in [0.25, 0.3) is 11.8 Å². The molecule has 0 aliphatic carbocycles. The predicted molar refractivity (Wildman–Crippen MR) is 78.3 cm³/mol. The van der Waals surface area contributed by atoms with E-state index in [1.165, 1.54) is 0 Å².